The summed E-state index contributed by atoms with van der Waals surface area (Å²) < 4.78 is 0. The molecular weight excluding hydrogens is 422 g/mol. The second-order valence-electron chi connectivity index (χ2n) is 0. The van der Waals surface area contributed by atoms with Crippen LogP contribution in [0.1, 0.15) is 0 Å². The molecule has 0 bridgehead atoms. The fraction of sp³-hybridized carbons (Fsp3) is 0. The average molecular weight is 422 g/mol. The monoisotopic (exact) mass is 423 g/mol. The van der Waals surface area contributed by atoms with E-state index < -0.39 is 0 Å². The van der Waals surface area contributed by atoms with Gasteiger partial charge in [-0.2, -0.15) is 0 Å². The molecule has 15 valence electrons. The molecule has 0 amide bonds. The molecule has 0 N–H and O–H groups in total. The molecule has 0 aromatic carbocycles. The van der Waals surface area contributed by atoms with Crippen LogP contribution in [0.5, 0.6) is 0 Å². The minimum absolute atomic E-state index is 0. The maximum Gasteiger partial charge on any atom is 0 e. The fourth-order valence-electron chi connectivity index (χ4n) is 0. The summed E-state index contributed by atoms with van der Waals surface area (Å²) in [5.74, 6) is 0. The topological polar surface area (TPSA) is 0 Å². The molecule has 0 aromatic heterocycles. The van der Waals surface area contributed by atoms with Crippen LogP contribution in [-0.4, -0.2) is 94.4 Å². The summed E-state index contributed by atoms with van der Waals surface area (Å²) in [7, 11) is 0. The Morgan fingerprint density at radius 3 is 1.00 bits per heavy atom. The summed E-state index contributed by atoms with van der Waals surface area (Å²) in [6, 6.07) is 0. The van der Waals surface area contributed by atoms with E-state index >= 15 is 0 Å². The Bertz CT molecular complexity index is 8.00. The molecule has 0 unspecified atom stereocenters. The molecule has 0 aliphatic rings. The first-order valence-electron chi connectivity index (χ1n) is 0. The van der Waals surface area contributed by atoms with Gasteiger partial charge in [-0.15, -0.1) is 0 Å². The maximum absolute atomic E-state index is 0. The van der Waals surface area contributed by atoms with Gasteiger partial charge in [0.1, 0.15) is 0 Å². The van der Waals surface area contributed by atoms with E-state index in [9.17, 15) is 0 Å². The van der Waals surface area contributed by atoms with Crippen LogP contribution in [0.15, 0.2) is 0 Å². The van der Waals surface area contributed by atoms with E-state index in [1.807, 2.05) is 0 Å². The van der Waals surface area contributed by atoms with Crippen molar-refractivity contribution < 1.29 is 58.4 Å². The molecule has 0 nitrogen and oxygen atoms in total. The third-order valence-corrected chi connectivity index (χ3v) is 0. The summed E-state index contributed by atoms with van der Waals surface area (Å²) in [6.45, 7) is 0. The van der Waals surface area contributed by atoms with Gasteiger partial charge in [-0.3, -0.25) is 0 Å². The van der Waals surface area contributed by atoms with Gasteiger partial charge in [0.15, 0.2) is 0 Å². The molecule has 0 aliphatic carbocycles. The number of rotatable bonds is 0. The van der Waals surface area contributed by atoms with Crippen LogP contribution in [0.25, 0.3) is 0 Å². The second kappa shape index (κ2) is 15.7. The Hall–Kier alpha value is 4.94. The van der Waals surface area contributed by atoms with Crippen LogP contribution >= 0.6 is 0 Å². The molecule has 0 aliphatic heterocycles. The van der Waals surface area contributed by atoms with Crippen LogP contribution in [0.2, 0.25) is 0 Å². The van der Waals surface area contributed by atoms with Gasteiger partial charge in [0, 0.05) is 153 Å². The molecule has 0 saturated heterocycles. The van der Waals surface area contributed by atoms with Crippen molar-refractivity contribution in [1.82, 2.24) is 0 Å². The smallest absolute Gasteiger partial charge is 0 e. The van der Waals surface area contributed by atoms with Gasteiger partial charge in [-0.05, 0) is 0 Å². The minimum atomic E-state index is 0. The van der Waals surface area contributed by atoms with Crippen LogP contribution in [-0.2, 0) is 17.1 Å². The summed E-state index contributed by atoms with van der Waals surface area (Å²) in [4.78, 5) is 0. The van der Waals surface area contributed by atoms with E-state index in [1.165, 1.54) is 0 Å². The summed E-state index contributed by atoms with van der Waals surface area (Å²) in [5, 5.41) is 0. The van der Waals surface area contributed by atoms with Crippen molar-refractivity contribution in [3.05, 3.63) is 0 Å². The summed E-state index contributed by atoms with van der Waals surface area (Å²) in [6.07, 6.45) is 0. The minimum Gasteiger partial charge on any atom is 0 e. The van der Waals surface area contributed by atoms with Gasteiger partial charge < -0.3 is 0 Å². The van der Waals surface area contributed by atoms with Crippen molar-refractivity contribution in [1.29, 1.82) is 0 Å². The third kappa shape index (κ3) is 10.0. The van der Waals surface area contributed by atoms with E-state index in [1.54, 1.807) is 0 Å². The van der Waals surface area contributed by atoms with Gasteiger partial charge in [-0.25, -0.2) is 0 Å². The number of hydrogen-bond acceptors (Lipinski definition) is 0. The Labute approximate surface area is 147 Å². The normalized spacial score (nSPS) is 0. The van der Waals surface area contributed by atoms with Crippen molar-refractivity contribution in [2.24, 2.45) is 0 Å². The van der Waals surface area contributed by atoms with Crippen molar-refractivity contribution in [3.63, 3.8) is 0 Å². The second-order valence-corrected chi connectivity index (χ2v) is 0. The van der Waals surface area contributed by atoms with Crippen LogP contribution in [0.3, 0.4) is 0 Å². The van der Waals surface area contributed by atoms with Crippen molar-refractivity contribution in [2.45, 2.75) is 0 Å². The molecule has 0 aromatic rings. The maximum atomic E-state index is 0. The van der Waals surface area contributed by atoms with E-state index in [2.05, 4.69) is 0 Å². The molecule has 0 atom stereocenters. The fourth-order valence-corrected chi connectivity index (χ4v) is 0. The predicted octanol–water partition coefficient (Wildman–Crippen LogP) is -0.764. The Balaban J connectivity index is 0. The Kier molecular flexibility index (Phi) is 90.5. The van der Waals surface area contributed by atoms with Gasteiger partial charge in [0.05, 0.1) is 0 Å². The summed E-state index contributed by atoms with van der Waals surface area (Å²) in [5.41, 5.74) is 0. The van der Waals surface area contributed by atoms with Crippen molar-refractivity contribution >= 4 is 94.4 Å². The van der Waals surface area contributed by atoms with Gasteiger partial charge >= 0.3 is 0 Å². The molecule has 0 spiro atoms. The zero-order valence-electron chi connectivity index (χ0n) is 2.35. The van der Waals surface area contributed by atoms with Crippen molar-refractivity contribution in [3.8, 4) is 0 Å². The van der Waals surface area contributed by atoms with Gasteiger partial charge in [0.25, 0.3) is 0 Å². The van der Waals surface area contributed by atoms with E-state index in [-0.39, 0.29) is 153 Å². The van der Waals surface area contributed by atoms with E-state index in [0.717, 1.165) is 0 Å². The molecule has 0 rings (SSSR count). The molecule has 5 radical (unpaired) electrons. The van der Waals surface area contributed by atoms with E-state index in [4.69, 9.17) is 0 Å². The summed E-state index contributed by atoms with van der Waals surface area (Å²) >= 11 is 0. The number of hydrogen-bond donors (Lipinski definition) is 0. The molecule has 0 saturated carbocycles. The first-order chi connectivity index (χ1) is 0. The third-order valence-electron chi connectivity index (χ3n) is 0. The van der Waals surface area contributed by atoms with Crippen LogP contribution in [0, 0.1) is 41.3 Å². The molecular formula is BaFePrSr. The predicted molar refractivity (Wildman–Crippen MR) is 11.5 cm³/mol. The molecule has 4 heavy (non-hydrogen) atoms. The first kappa shape index (κ1) is 23.1. The van der Waals surface area contributed by atoms with Crippen LogP contribution < -0.4 is 0 Å². The molecule has 4 heteroatoms. The quantitative estimate of drug-likeness (QED) is 0.451. The van der Waals surface area contributed by atoms with Gasteiger partial charge in [0.2, 0.25) is 0 Å². The standard InChI is InChI=1S/Ba.Fe.Pr.Sr. The average Bonchev–Trinajstić information content (AvgIpc) is 0. The molecule has 0 fully saturated rings. The zero-order chi connectivity index (χ0) is 0. The van der Waals surface area contributed by atoms with E-state index in [0.29, 0.717) is 0 Å². The Morgan fingerprint density at radius 2 is 1.00 bits per heavy atom. The largest absolute Gasteiger partial charge is 0 e. The van der Waals surface area contributed by atoms with Crippen molar-refractivity contribution in [2.75, 3.05) is 0 Å². The SMILES string of the molecule is [Ba].[Fe].[Pr].[Sr]. The first-order valence-corrected chi connectivity index (χ1v) is 0. The van der Waals surface area contributed by atoms with Gasteiger partial charge in [-0.1, -0.05) is 0 Å². The zero-order valence-corrected chi connectivity index (χ0v) is 15.1. The molecule has 0 heterocycles. The van der Waals surface area contributed by atoms with Crippen LogP contribution in [0.4, 0.5) is 0 Å². The Morgan fingerprint density at radius 1 is 1.00 bits per heavy atom.